The first-order valence-electron chi connectivity index (χ1n) is 18.2. The van der Waals surface area contributed by atoms with E-state index in [4.69, 9.17) is 26.9 Å². The van der Waals surface area contributed by atoms with E-state index in [2.05, 4.69) is 98.2 Å². The van der Waals surface area contributed by atoms with Gasteiger partial charge < -0.3 is 26.9 Å². The van der Waals surface area contributed by atoms with Crippen molar-refractivity contribution in [3.8, 4) is 0 Å². The molecule has 0 aromatic rings. The average molecular weight is 739 g/mol. The zero-order valence-corrected chi connectivity index (χ0v) is 38.4. The first-order chi connectivity index (χ1) is 20.8. The number of hydrogen-bond acceptors (Lipinski definition) is 7. The zero-order valence-electron chi connectivity index (χ0n) is 33.4. The minimum Gasteiger partial charge on any atom is -0.469 e. The van der Waals surface area contributed by atoms with E-state index in [0.717, 1.165) is 77.2 Å². The summed E-state index contributed by atoms with van der Waals surface area (Å²) in [7, 11) is -7.49. The van der Waals surface area contributed by atoms with Gasteiger partial charge in [-0.3, -0.25) is 4.79 Å². The molecule has 0 fully saturated rings. The molecule has 0 saturated carbocycles. The molecule has 0 amide bonds. The van der Waals surface area contributed by atoms with Crippen molar-refractivity contribution in [1.29, 1.82) is 0 Å². The molecule has 0 N–H and O–H groups in total. The normalized spacial score (nSPS) is 16.3. The smallest absolute Gasteiger partial charge is 0.305 e. The molecule has 12 heteroatoms. The van der Waals surface area contributed by atoms with Crippen LogP contribution >= 0.6 is 0 Å². The molecule has 0 heterocycles. The van der Waals surface area contributed by atoms with Gasteiger partial charge in [0, 0.05) is 19.4 Å². The maximum absolute atomic E-state index is 11.5. The average Bonchev–Trinajstić information content (AvgIpc) is 2.84. The van der Waals surface area contributed by atoms with Gasteiger partial charge in [0.2, 0.25) is 0 Å². The number of rotatable bonds is 27. The highest BCUT2D eigenvalue weighted by Gasteiger charge is 2.39. The SMILES string of the molecule is COC(=O)CCCCCCCC(O[Si](C)(C)C)C(CC(O[Si](C)(C)C)C(CCCCCO[Si](C)(C)C)O[Si](C)(C)C)O[Si](C)(C)C. The number of carbonyl (C=O) groups excluding carboxylic acids is 1. The van der Waals surface area contributed by atoms with Crippen LogP contribution in [0.1, 0.15) is 77.0 Å². The lowest BCUT2D eigenvalue weighted by molar-refractivity contribution is -0.140. The molecule has 0 radical (unpaired) electrons. The lowest BCUT2D eigenvalue weighted by Crippen LogP contribution is -2.50. The van der Waals surface area contributed by atoms with Crippen LogP contribution in [-0.4, -0.2) is 85.7 Å². The molecule has 276 valence electrons. The Labute approximate surface area is 291 Å². The number of carbonyl (C=O) groups is 1. The van der Waals surface area contributed by atoms with Gasteiger partial charge in [0.05, 0.1) is 31.5 Å². The maximum atomic E-state index is 11.5. The van der Waals surface area contributed by atoms with Crippen molar-refractivity contribution in [2.75, 3.05) is 13.7 Å². The molecule has 0 saturated heterocycles. The molecule has 4 atom stereocenters. The fourth-order valence-corrected chi connectivity index (χ4v) is 10.9. The Hall–Kier alpha value is 0.354. The Morgan fingerprint density at radius 1 is 0.457 bits per heavy atom. The van der Waals surface area contributed by atoms with Crippen LogP contribution in [-0.2, 0) is 31.7 Å². The molecule has 0 aliphatic heterocycles. The molecular formula is C34H78O7Si5. The quantitative estimate of drug-likeness (QED) is 0.0472. The van der Waals surface area contributed by atoms with E-state index >= 15 is 0 Å². The number of unbranched alkanes of at least 4 members (excludes halogenated alkanes) is 6. The summed E-state index contributed by atoms with van der Waals surface area (Å²) < 4.78 is 39.0. The maximum Gasteiger partial charge on any atom is 0.305 e. The molecule has 46 heavy (non-hydrogen) atoms. The van der Waals surface area contributed by atoms with Crippen LogP contribution in [0.2, 0.25) is 98.2 Å². The zero-order chi connectivity index (χ0) is 35.8. The van der Waals surface area contributed by atoms with Gasteiger partial charge in [-0.05, 0) is 124 Å². The Morgan fingerprint density at radius 3 is 1.17 bits per heavy atom. The van der Waals surface area contributed by atoms with Gasteiger partial charge in [-0.1, -0.05) is 38.5 Å². The second-order valence-corrected chi connectivity index (χ2v) is 40.4. The molecule has 4 unspecified atom stereocenters. The first kappa shape index (κ1) is 46.4. The van der Waals surface area contributed by atoms with Crippen molar-refractivity contribution in [2.24, 2.45) is 0 Å². The van der Waals surface area contributed by atoms with Crippen LogP contribution in [0.15, 0.2) is 0 Å². The van der Waals surface area contributed by atoms with E-state index in [1.54, 1.807) is 0 Å². The minimum atomic E-state index is -1.90. The van der Waals surface area contributed by atoms with Crippen LogP contribution < -0.4 is 0 Å². The van der Waals surface area contributed by atoms with Gasteiger partial charge in [-0.25, -0.2) is 0 Å². The second kappa shape index (κ2) is 21.5. The van der Waals surface area contributed by atoms with Crippen LogP contribution in [0.4, 0.5) is 0 Å². The van der Waals surface area contributed by atoms with Gasteiger partial charge in [-0.15, -0.1) is 0 Å². The lowest BCUT2D eigenvalue weighted by atomic mass is 9.96. The number of methoxy groups -OCH3 is 1. The van der Waals surface area contributed by atoms with E-state index in [0.29, 0.717) is 6.42 Å². The highest BCUT2D eigenvalue weighted by atomic mass is 28.4. The third-order valence-electron chi connectivity index (χ3n) is 7.08. The molecule has 0 aromatic carbocycles. The molecule has 0 aromatic heterocycles. The third kappa shape index (κ3) is 28.2. The topological polar surface area (TPSA) is 72.5 Å². The summed E-state index contributed by atoms with van der Waals surface area (Å²) in [5.41, 5.74) is 0. The van der Waals surface area contributed by atoms with Crippen LogP contribution in [0.25, 0.3) is 0 Å². The van der Waals surface area contributed by atoms with Crippen molar-refractivity contribution in [2.45, 2.75) is 200 Å². The second-order valence-electron chi connectivity index (χ2n) is 18.0. The standard InChI is InChI=1S/C34H78O7Si5/c1-36-34(35)27-23-19-17-18-21-25-30(38-43(5,6)7)32(40-45(11,12)13)29-33(41-46(14,15)16)31(39-44(8,9)10)26-22-20-24-28-37-42(2,3)4/h30-33H,17-29H2,1-16H3. The summed E-state index contributed by atoms with van der Waals surface area (Å²) in [5.74, 6) is -0.113. The monoisotopic (exact) mass is 738 g/mol. The van der Waals surface area contributed by atoms with Crippen molar-refractivity contribution in [1.82, 2.24) is 0 Å². The highest BCUT2D eigenvalue weighted by Crippen LogP contribution is 2.30. The van der Waals surface area contributed by atoms with Crippen molar-refractivity contribution < 1.29 is 31.7 Å². The van der Waals surface area contributed by atoms with Gasteiger partial charge in [0.1, 0.15) is 0 Å². The molecule has 0 bridgehead atoms. The van der Waals surface area contributed by atoms with E-state index in [1.807, 2.05) is 0 Å². The van der Waals surface area contributed by atoms with Crippen molar-refractivity contribution in [3.63, 3.8) is 0 Å². The van der Waals surface area contributed by atoms with Gasteiger partial charge in [0.25, 0.3) is 0 Å². The Balaban J connectivity index is 6.01. The number of hydrogen-bond donors (Lipinski definition) is 0. The summed E-state index contributed by atoms with van der Waals surface area (Å²) in [6, 6.07) is 0. The lowest BCUT2D eigenvalue weighted by Gasteiger charge is -2.42. The first-order valence-corrected chi connectivity index (χ1v) is 35.3. The fourth-order valence-electron chi connectivity index (χ4n) is 5.49. The van der Waals surface area contributed by atoms with Gasteiger partial charge in [0.15, 0.2) is 41.6 Å². The Morgan fingerprint density at radius 2 is 0.804 bits per heavy atom. The fraction of sp³-hybridized carbons (Fsp3) is 0.971. The molecule has 7 nitrogen and oxygen atoms in total. The van der Waals surface area contributed by atoms with Crippen LogP contribution in [0, 0.1) is 0 Å². The third-order valence-corrected chi connectivity index (χ3v) is 12.2. The molecule has 0 aliphatic carbocycles. The molecule has 0 aliphatic rings. The van der Waals surface area contributed by atoms with E-state index in [-0.39, 0.29) is 30.4 Å². The van der Waals surface area contributed by atoms with Gasteiger partial charge >= 0.3 is 5.97 Å². The largest absolute Gasteiger partial charge is 0.469 e. The van der Waals surface area contributed by atoms with Crippen molar-refractivity contribution >= 4 is 47.6 Å². The van der Waals surface area contributed by atoms with Crippen LogP contribution in [0.3, 0.4) is 0 Å². The van der Waals surface area contributed by atoms with Gasteiger partial charge in [-0.2, -0.15) is 0 Å². The summed E-state index contributed by atoms with van der Waals surface area (Å²) in [6.07, 6.45) is 11.9. The van der Waals surface area contributed by atoms with E-state index < -0.39 is 41.6 Å². The number of esters is 1. The van der Waals surface area contributed by atoms with E-state index in [1.165, 1.54) is 7.11 Å². The van der Waals surface area contributed by atoms with E-state index in [9.17, 15) is 4.79 Å². The Bertz CT molecular complexity index is 811. The molecule has 0 spiro atoms. The Kier molecular flexibility index (Phi) is 21.7. The number of ether oxygens (including phenoxy) is 1. The molecular weight excluding hydrogens is 661 g/mol. The molecule has 0 rings (SSSR count). The summed E-state index contributed by atoms with van der Waals surface area (Å²) in [5, 5.41) is 0. The highest BCUT2D eigenvalue weighted by molar-refractivity contribution is 6.71. The summed E-state index contributed by atoms with van der Waals surface area (Å²) in [6.45, 7) is 35.2. The summed E-state index contributed by atoms with van der Waals surface area (Å²) in [4.78, 5) is 11.5. The minimum absolute atomic E-state index is 0.0240. The van der Waals surface area contributed by atoms with Crippen molar-refractivity contribution in [3.05, 3.63) is 0 Å². The van der Waals surface area contributed by atoms with Crippen LogP contribution in [0.5, 0.6) is 0 Å². The predicted octanol–water partition coefficient (Wildman–Crippen LogP) is 10.6. The predicted molar refractivity (Wildman–Crippen MR) is 210 cm³/mol. The summed E-state index contributed by atoms with van der Waals surface area (Å²) >= 11 is 0.